The van der Waals surface area contributed by atoms with Crippen molar-refractivity contribution in [2.45, 2.75) is 44.3 Å². The summed E-state index contributed by atoms with van der Waals surface area (Å²) in [6, 6.07) is 5.05. The standard InChI is InChI=1S/C18H24F3N3O/c19-18(20,21)14-5-4-6-15(13-14)22-17(25)24-11-9-23(10-12-24)16-7-2-1-3-8-16/h4-6,13,16H,1-3,7-12H2,(H,22,25). The molecule has 1 aliphatic carbocycles. The van der Waals surface area contributed by atoms with Gasteiger partial charge in [-0.25, -0.2) is 4.79 Å². The van der Waals surface area contributed by atoms with Crippen LogP contribution in [0.2, 0.25) is 0 Å². The van der Waals surface area contributed by atoms with Gasteiger partial charge in [-0.2, -0.15) is 13.2 Å². The number of carbonyl (C=O) groups excluding carboxylic acids is 1. The van der Waals surface area contributed by atoms with Crippen LogP contribution < -0.4 is 5.32 Å². The zero-order valence-electron chi connectivity index (χ0n) is 14.2. The largest absolute Gasteiger partial charge is 0.416 e. The molecule has 7 heteroatoms. The van der Waals surface area contributed by atoms with E-state index in [9.17, 15) is 18.0 Å². The van der Waals surface area contributed by atoms with E-state index in [1.165, 1.54) is 44.2 Å². The fraction of sp³-hybridized carbons (Fsp3) is 0.611. The maximum atomic E-state index is 12.8. The molecular formula is C18H24F3N3O. The van der Waals surface area contributed by atoms with E-state index < -0.39 is 11.7 Å². The molecule has 0 unspecified atom stereocenters. The molecular weight excluding hydrogens is 331 g/mol. The summed E-state index contributed by atoms with van der Waals surface area (Å²) in [5.41, 5.74) is -0.582. The van der Waals surface area contributed by atoms with E-state index in [0.717, 1.165) is 25.2 Å². The Morgan fingerprint density at radius 2 is 1.72 bits per heavy atom. The molecule has 1 heterocycles. The normalized spacial score (nSPS) is 20.5. The van der Waals surface area contributed by atoms with Crippen molar-refractivity contribution in [3.05, 3.63) is 29.8 Å². The second-order valence-electron chi connectivity index (χ2n) is 6.82. The summed E-state index contributed by atoms with van der Waals surface area (Å²) in [5.74, 6) is 0. The predicted molar refractivity (Wildman–Crippen MR) is 90.5 cm³/mol. The minimum absolute atomic E-state index is 0.175. The van der Waals surface area contributed by atoms with Crippen LogP contribution in [-0.2, 0) is 6.18 Å². The molecule has 138 valence electrons. The molecule has 3 rings (SSSR count). The number of alkyl halides is 3. The van der Waals surface area contributed by atoms with Crippen molar-refractivity contribution in [3.8, 4) is 0 Å². The van der Waals surface area contributed by atoms with Crippen LogP contribution in [0.15, 0.2) is 24.3 Å². The fourth-order valence-electron chi connectivity index (χ4n) is 3.71. The minimum Gasteiger partial charge on any atom is -0.322 e. The lowest BCUT2D eigenvalue weighted by Gasteiger charge is -2.40. The van der Waals surface area contributed by atoms with E-state index in [0.29, 0.717) is 19.1 Å². The molecule has 1 N–H and O–H groups in total. The first-order valence-electron chi connectivity index (χ1n) is 8.91. The van der Waals surface area contributed by atoms with E-state index in [2.05, 4.69) is 10.2 Å². The predicted octanol–water partition coefficient (Wildman–Crippen LogP) is 4.19. The Morgan fingerprint density at radius 3 is 2.36 bits per heavy atom. The maximum absolute atomic E-state index is 12.8. The molecule has 1 aromatic carbocycles. The molecule has 4 nitrogen and oxygen atoms in total. The van der Waals surface area contributed by atoms with E-state index in [-0.39, 0.29) is 11.7 Å². The van der Waals surface area contributed by atoms with Gasteiger partial charge in [0, 0.05) is 37.9 Å². The molecule has 25 heavy (non-hydrogen) atoms. The van der Waals surface area contributed by atoms with Crippen molar-refractivity contribution in [2.24, 2.45) is 0 Å². The van der Waals surface area contributed by atoms with Crippen LogP contribution in [-0.4, -0.2) is 48.1 Å². The molecule has 0 spiro atoms. The second kappa shape index (κ2) is 7.64. The van der Waals surface area contributed by atoms with Gasteiger partial charge >= 0.3 is 12.2 Å². The second-order valence-corrected chi connectivity index (χ2v) is 6.82. The molecule has 0 bridgehead atoms. The molecule has 1 aliphatic heterocycles. The molecule has 2 aliphatic rings. The van der Waals surface area contributed by atoms with Gasteiger partial charge in [0.2, 0.25) is 0 Å². The zero-order chi connectivity index (χ0) is 17.9. The Balaban J connectivity index is 1.53. The van der Waals surface area contributed by atoms with Crippen molar-refractivity contribution in [1.29, 1.82) is 0 Å². The van der Waals surface area contributed by atoms with E-state index in [4.69, 9.17) is 0 Å². The quantitative estimate of drug-likeness (QED) is 0.863. The summed E-state index contributed by atoms with van der Waals surface area (Å²) in [6.07, 6.45) is 1.93. The number of anilines is 1. The van der Waals surface area contributed by atoms with Crippen LogP contribution in [0.3, 0.4) is 0 Å². The summed E-state index contributed by atoms with van der Waals surface area (Å²) in [6.45, 7) is 2.89. The maximum Gasteiger partial charge on any atom is 0.416 e. The molecule has 2 fully saturated rings. The van der Waals surface area contributed by atoms with Crippen LogP contribution >= 0.6 is 0 Å². The van der Waals surface area contributed by atoms with Gasteiger partial charge in [-0.15, -0.1) is 0 Å². The number of nitrogens with zero attached hydrogens (tertiary/aromatic N) is 2. The first-order chi connectivity index (χ1) is 11.9. The van der Waals surface area contributed by atoms with Crippen molar-refractivity contribution in [2.75, 3.05) is 31.5 Å². The zero-order valence-corrected chi connectivity index (χ0v) is 14.2. The average molecular weight is 355 g/mol. The number of piperazine rings is 1. The smallest absolute Gasteiger partial charge is 0.322 e. The molecule has 2 amide bonds. The van der Waals surface area contributed by atoms with Gasteiger partial charge in [0.1, 0.15) is 0 Å². The molecule has 0 aromatic heterocycles. The number of carbonyl (C=O) groups is 1. The third kappa shape index (κ3) is 4.66. The monoisotopic (exact) mass is 355 g/mol. The Hall–Kier alpha value is -1.76. The number of rotatable bonds is 2. The summed E-state index contributed by atoms with van der Waals surface area (Å²) in [4.78, 5) is 16.5. The lowest BCUT2D eigenvalue weighted by molar-refractivity contribution is -0.137. The van der Waals surface area contributed by atoms with Gasteiger partial charge < -0.3 is 10.2 Å². The molecule has 1 saturated carbocycles. The Kier molecular flexibility index (Phi) is 5.51. The van der Waals surface area contributed by atoms with Crippen molar-refractivity contribution in [1.82, 2.24) is 9.80 Å². The summed E-state index contributed by atoms with van der Waals surface area (Å²) in [5, 5.41) is 2.59. The van der Waals surface area contributed by atoms with Gasteiger partial charge in [0.05, 0.1) is 5.56 Å². The number of halogens is 3. The van der Waals surface area contributed by atoms with Crippen LogP contribution in [0.5, 0.6) is 0 Å². The molecule has 1 aromatic rings. The van der Waals surface area contributed by atoms with Crippen LogP contribution in [0.25, 0.3) is 0 Å². The topological polar surface area (TPSA) is 35.6 Å². The highest BCUT2D eigenvalue weighted by Gasteiger charge is 2.31. The van der Waals surface area contributed by atoms with Crippen molar-refractivity contribution in [3.63, 3.8) is 0 Å². The van der Waals surface area contributed by atoms with Gasteiger partial charge in [-0.05, 0) is 31.0 Å². The lowest BCUT2D eigenvalue weighted by Crippen LogP contribution is -2.53. The van der Waals surface area contributed by atoms with Crippen LogP contribution in [0.1, 0.15) is 37.7 Å². The third-order valence-corrected chi connectivity index (χ3v) is 5.13. The van der Waals surface area contributed by atoms with Gasteiger partial charge in [0.15, 0.2) is 0 Å². The van der Waals surface area contributed by atoms with Gasteiger partial charge in [-0.1, -0.05) is 25.3 Å². The number of urea groups is 1. The fourth-order valence-corrected chi connectivity index (χ4v) is 3.71. The Labute approximate surface area is 146 Å². The highest BCUT2D eigenvalue weighted by molar-refractivity contribution is 5.89. The summed E-state index contributed by atoms with van der Waals surface area (Å²) in [7, 11) is 0. The minimum atomic E-state index is -4.41. The van der Waals surface area contributed by atoms with E-state index >= 15 is 0 Å². The molecule has 1 saturated heterocycles. The van der Waals surface area contributed by atoms with Gasteiger partial charge in [0.25, 0.3) is 0 Å². The van der Waals surface area contributed by atoms with Crippen LogP contribution in [0, 0.1) is 0 Å². The van der Waals surface area contributed by atoms with E-state index in [1.54, 1.807) is 4.90 Å². The van der Waals surface area contributed by atoms with Crippen molar-refractivity contribution >= 4 is 11.7 Å². The highest BCUT2D eigenvalue weighted by atomic mass is 19.4. The molecule has 0 radical (unpaired) electrons. The SMILES string of the molecule is O=C(Nc1cccc(C(F)(F)F)c1)N1CCN(C2CCCCC2)CC1. The number of nitrogens with one attached hydrogen (secondary N) is 1. The third-order valence-electron chi connectivity index (χ3n) is 5.13. The summed E-state index contributed by atoms with van der Waals surface area (Å²) < 4.78 is 38.3. The Morgan fingerprint density at radius 1 is 1.04 bits per heavy atom. The first kappa shape index (κ1) is 18.0. The molecule has 0 atom stereocenters. The number of benzene rings is 1. The Bertz CT molecular complexity index is 591. The highest BCUT2D eigenvalue weighted by Crippen LogP contribution is 2.30. The first-order valence-corrected chi connectivity index (χ1v) is 8.91. The van der Waals surface area contributed by atoms with Crippen LogP contribution in [0.4, 0.5) is 23.7 Å². The number of hydrogen-bond donors (Lipinski definition) is 1. The lowest BCUT2D eigenvalue weighted by atomic mass is 9.94. The number of amides is 2. The average Bonchev–Trinajstić information content (AvgIpc) is 2.62. The van der Waals surface area contributed by atoms with Gasteiger partial charge in [-0.3, -0.25) is 4.90 Å². The number of hydrogen-bond acceptors (Lipinski definition) is 2. The van der Waals surface area contributed by atoms with E-state index in [1.807, 2.05) is 0 Å². The summed E-state index contributed by atoms with van der Waals surface area (Å²) >= 11 is 0. The van der Waals surface area contributed by atoms with Crippen molar-refractivity contribution < 1.29 is 18.0 Å².